The number of aromatic amines is 1. The van der Waals surface area contributed by atoms with Gasteiger partial charge in [0.1, 0.15) is 0 Å². The molecule has 0 atom stereocenters. The monoisotopic (exact) mass is 329 g/mol. The maximum atomic E-state index is 5.41. The zero-order chi connectivity index (χ0) is 15.7. The lowest BCUT2D eigenvalue weighted by molar-refractivity contribution is -0.372. The molecule has 0 bridgehead atoms. The molecule has 1 aromatic heterocycles. The molecule has 0 saturated carbocycles. The van der Waals surface area contributed by atoms with E-state index in [1.54, 1.807) is 14.2 Å². The standard InChI is InChI=1S/C19H19NO2.ClH/c1-12-5-7-14(8-6-12)17-9-15-10-18(21-3)19(22-4)11-16(15)13(2)20-17;/h5-11H,1-4H3;1H. The SMILES string of the molecule is COc1cc2cc(-c3ccc(C)cc3)[nH+]c(C)c2cc1OC.[Cl-]. The van der Waals surface area contributed by atoms with Crippen LogP contribution in [0.1, 0.15) is 11.3 Å². The number of methoxy groups -OCH3 is 2. The summed E-state index contributed by atoms with van der Waals surface area (Å²) >= 11 is 0. The van der Waals surface area contributed by atoms with Gasteiger partial charge in [0, 0.05) is 18.6 Å². The lowest BCUT2D eigenvalue weighted by atomic mass is 10.0. The van der Waals surface area contributed by atoms with E-state index in [2.05, 4.69) is 49.2 Å². The maximum absolute atomic E-state index is 5.41. The van der Waals surface area contributed by atoms with Crippen LogP contribution in [0.2, 0.25) is 0 Å². The lowest BCUT2D eigenvalue weighted by Crippen LogP contribution is -3.00. The Kier molecular flexibility index (Phi) is 5.12. The minimum absolute atomic E-state index is 0. The third-order valence-corrected chi connectivity index (χ3v) is 3.94. The van der Waals surface area contributed by atoms with Gasteiger partial charge in [0.05, 0.1) is 19.6 Å². The van der Waals surface area contributed by atoms with Gasteiger partial charge in [0.15, 0.2) is 17.2 Å². The molecule has 0 amide bonds. The average molecular weight is 330 g/mol. The molecule has 3 nitrogen and oxygen atoms in total. The van der Waals surface area contributed by atoms with Gasteiger partial charge in [-0.05, 0) is 36.6 Å². The summed E-state index contributed by atoms with van der Waals surface area (Å²) in [7, 11) is 3.32. The Bertz CT molecular complexity index is 829. The molecule has 0 aliphatic rings. The van der Waals surface area contributed by atoms with Crippen molar-refractivity contribution in [3.8, 4) is 22.8 Å². The Balaban J connectivity index is 0.00000192. The van der Waals surface area contributed by atoms with E-state index in [0.29, 0.717) is 0 Å². The second-order valence-electron chi connectivity index (χ2n) is 5.47. The zero-order valence-electron chi connectivity index (χ0n) is 13.7. The highest BCUT2D eigenvalue weighted by molar-refractivity contribution is 5.89. The van der Waals surface area contributed by atoms with Gasteiger partial charge in [-0.1, -0.05) is 17.7 Å². The van der Waals surface area contributed by atoms with Crippen molar-refractivity contribution in [1.29, 1.82) is 0 Å². The van der Waals surface area contributed by atoms with E-state index in [0.717, 1.165) is 33.7 Å². The number of hydrogen-bond donors (Lipinski definition) is 0. The van der Waals surface area contributed by atoms with Crippen LogP contribution in [-0.2, 0) is 0 Å². The molecule has 3 aromatic rings. The van der Waals surface area contributed by atoms with E-state index in [1.807, 2.05) is 12.1 Å². The van der Waals surface area contributed by atoms with Crippen molar-refractivity contribution in [2.75, 3.05) is 14.2 Å². The number of fused-ring (bicyclic) bond motifs is 1. The molecule has 0 unspecified atom stereocenters. The summed E-state index contributed by atoms with van der Waals surface area (Å²) in [6.45, 7) is 4.17. The van der Waals surface area contributed by atoms with Gasteiger partial charge in [-0.25, -0.2) is 4.98 Å². The number of ether oxygens (including phenoxy) is 2. The molecule has 23 heavy (non-hydrogen) atoms. The number of benzene rings is 2. The largest absolute Gasteiger partial charge is 1.00 e. The topological polar surface area (TPSA) is 32.6 Å². The summed E-state index contributed by atoms with van der Waals surface area (Å²) in [5.41, 5.74) is 4.63. The number of pyridine rings is 1. The van der Waals surface area contributed by atoms with Crippen LogP contribution in [0.3, 0.4) is 0 Å². The number of H-pyrrole nitrogens is 1. The van der Waals surface area contributed by atoms with E-state index in [4.69, 9.17) is 9.47 Å². The fourth-order valence-corrected chi connectivity index (χ4v) is 2.69. The van der Waals surface area contributed by atoms with Gasteiger partial charge >= 0.3 is 0 Å². The molecular formula is C19H20ClNO2. The van der Waals surface area contributed by atoms with E-state index in [-0.39, 0.29) is 12.4 Å². The predicted molar refractivity (Wildman–Crippen MR) is 88.5 cm³/mol. The molecule has 1 heterocycles. The summed E-state index contributed by atoms with van der Waals surface area (Å²) < 4.78 is 10.8. The summed E-state index contributed by atoms with van der Waals surface area (Å²) in [6.07, 6.45) is 0. The highest BCUT2D eigenvalue weighted by Crippen LogP contribution is 2.33. The number of hydrogen-bond acceptors (Lipinski definition) is 2. The average Bonchev–Trinajstić information content (AvgIpc) is 2.54. The van der Waals surface area contributed by atoms with Gasteiger partial charge in [-0.2, -0.15) is 0 Å². The highest BCUT2D eigenvalue weighted by Gasteiger charge is 2.14. The van der Waals surface area contributed by atoms with Gasteiger partial charge in [-0.15, -0.1) is 0 Å². The van der Waals surface area contributed by atoms with E-state index in [9.17, 15) is 0 Å². The summed E-state index contributed by atoms with van der Waals surface area (Å²) in [6, 6.07) is 14.7. The van der Waals surface area contributed by atoms with Crippen LogP contribution in [0.15, 0.2) is 42.5 Å². The van der Waals surface area contributed by atoms with Crippen LogP contribution in [0, 0.1) is 13.8 Å². The number of nitrogens with one attached hydrogen (secondary N) is 1. The zero-order valence-corrected chi connectivity index (χ0v) is 14.5. The van der Waals surface area contributed by atoms with Crippen LogP contribution >= 0.6 is 0 Å². The molecule has 0 aliphatic heterocycles. The first-order valence-corrected chi connectivity index (χ1v) is 7.28. The summed E-state index contributed by atoms with van der Waals surface area (Å²) in [4.78, 5) is 3.48. The van der Waals surface area contributed by atoms with Crippen molar-refractivity contribution in [1.82, 2.24) is 0 Å². The predicted octanol–water partition coefficient (Wildman–Crippen LogP) is 0.959. The first-order chi connectivity index (χ1) is 10.6. The number of rotatable bonds is 3. The minimum atomic E-state index is 0. The van der Waals surface area contributed by atoms with Gasteiger partial charge in [-0.3, -0.25) is 0 Å². The van der Waals surface area contributed by atoms with Crippen LogP contribution in [0.25, 0.3) is 22.0 Å². The molecule has 0 fully saturated rings. The Labute approximate surface area is 142 Å². The summed E-state index contributed by atoms with van der Waals surface area (Å²) in [5, 5.41) is 2.26. The second-order valence-corrected chi connectivity index (χ2v) is 5.47. The third-order valence-electron chi connectivity index (χ3n) is 3.94. The van der Waals surface area contributed by atoms with Crippen molar-refractivity contribution in [3.63, 3.8) is 0 Å². The molecule has 0 saturated heterocycles. The quantitative estimate of drug-likeness (QED) is 0.717. The van der Waals surface area contributed by atoms with E-state index in [1.165, 1.54) is 11.1 Å². The van der Waals surface area contributed by atoms with Crippen molar-refractivity contribution in [2.24, 2.45) is 0 Å². The maximum Gasteiger partial charge on any atom is 0.211 e. The molecule has 120 valence electrons. The van der Waals surface area contributed by atoms with E-state index < -0.39 is 0 Å². The normalized spacial score (nSPS) is 10.3. The van der Waals surface area contributed by atoms with Gasteiger partial charge < -0.3 is 21.9 Å². The molecule has 0 aliphatic carbocycles. The Hall–Kier alpha value is -2.26. The molecule has 0 radical (unpaired) electrons. The van der Waals surface area contributed by atoms with Crippen molar-refractivity contribution in [3.05, 3.63) is 53.7 Å². The Morgan fingerprint density at radius 1 is 0.826 bits per heavy atom. The first kappa shape index (κ1) is 17.1. The van der Waals surface area contributed by atoms with Crippen molar-refractivity contribution >= 4 is 10.8 Å². The first-order valence-electron chi connectivity index (χ1n) is 7.28. The van der Waals surface area contributed by atoms with Crippen LogP contribution in [0.5, 0.6) is 11.5 Å². The highest BCUT2D eigenvalue weighted by atomic mass is 35.5. The van der Waals surface area contributed by atoms with Crippen molar-refractivity contribution < 1.29 is 26.9 Å². The summed E-state index contributed by atoms with van der Waals surface area (Å²) in [5.74, 6) is 1.49. The molecule has 4 heteroatoms. The smallest absolute Gasteiger partial charge is 0.211 e. The molecule has 3 rings (SSSR count). The van der Waals surface area contributed by atoms with Crippen LogP contribution in [-0.4, -0.2) is 14.2 Å². The number of aromatic nitrogens is 1. The van der Waals surface area contributed by atoms with Crippen molar-refractivity contribution in [2.45, 2.75) is 13.8 Å². The third kappa shape index (κ3) is 3.25. The molecule has 0 spiro atoms. The van der Waals surface area contributed by atoms with Crippen LogP contribution in [0.4, 0.5) is 0 Å². The second kappa shape index (κ2) is 6.88. The molecular weight excluding hydrogens is 310 g/mol. The Morgan fingerprint density at radius 3 is 2.04 bits per heavy atom. The lowest BCUT2D eigenvalue weighted by Gasteiger charge is -2.09. The van der Waals surface area contributed by atoms with Gasteiger partial charge in [0.25, 0.3) is 0 Å². The molecule has 1 N–H and O–H groups in total. The van der Waals surface area contributed by atoms with E-state index >= 15 is 0 Å². The van der Waals surface area contributed by atoms with Crippen LogP contribution < -0.4 is 26.9 Å². The molecule has 2 aromatic carbocycles. The fraction of sp³-hybridized carbons (Fsp3) is 0.211. The number of aryl methyl sites for hydroxylation is 2. The minimum Gasteiger partial charge on any atom is -1.00 e. The fourth-order valence-electron chi connectivity index (χ4n) is 2.69. The number of halogens is 1. The van der Waals surface area contributed by atoms with Gasteiger partial charge in [0.2, 0.25) is 5.69 Å². The Morgan fingerprint density at radius 2 is 1.43 bits per heavy atom.